The molecule has 3 N–H and O–H groups in total. The molecule has 0 radical (unpaired) electrons. The predicted octanol–water partition coefficient (Wildman–Crippen LogP) is 2.17. The zero-order valence-electron chi connectivity index (χ0n) is 14.2. The largest absolute Gasteiger partial charge is 0.508 e. The van der Waals surface area contributed by atoms with Gasteiger partial charge in [0.25, 0.3) is 5.91 Å². The maximum atomic E-state index is 12.7. The van der Waals surface area contributed by atoms with Gasteiger partial charge >= 0.3 is 0 Å². The molecule has 0 saturated heterocycles. The van der Waals surface area contributed by atoms with Gasteiger partial charge in [-0.2, -0.15) is 0 Å². The number of fused-ring (bicyclic) bond motifs is 1. The zero-order valence-corrected chi connectivity index (χ0v) is 14.2. The minimum absolute atomic E-state index is 0.0769. The molecule has 0 aromatic heterocycles. The van der Waals surface area contributed by atoms with Crippen LogP contribution in [-0.2, 0) is 0 Å². The van der Waals surface area contributed by atoms with Crippen molar-refractivity contribution >= 4 is 11.6 Å². The number of phenolic OH excluding ortho intramolecular Hbond substituents is 1. The molecule has 0 heterocycles. The second-order valence-corrected chi connectivity index (χ2v) is 7.42. The second-order valence-electron chi connectivity index (χ2n) is 7.42. The number of nitrogens with two attached hydrogens (primary N) is 1. The van der Waals surface area contributed by atoms with Gasteiger partial charge in [-0.05, 0) is 69.8 Å². The van der Waals surface area contributed by atoms with Crippen molar-refractivity contribution in [3.05, 3.63) is 23.8 Å². The Morgan fingerprint density at radius 2 is 1.65 bits per heavy atom. The van der Waals surface area contributed by atoms with Gasteiger partial charge < -0.3 is 20.6 Å². The smallest absolute Gasteiger partial charge is 0.256 e. The number of rotatable bonds is 3. The van der Waals surface area contributed by atoms with Crippen molar-refractivity contribution < 1.29 is 9.90 Å². The van der Waals surface area contributed by atoms with E-state index in [-0.39, 0.29) is 17.7 Å². The number of anilines is 1. The Balaban J connectivity index is 1.67. The molecular weight excluding hydrogens is 290 g/mol. The first-order valence-electron chi connectivity index (χ1n) is 8.39. The van der Waals surface area contributed by atoms with Crippen molar-refractivity contribution in [2.45, 2.75) is 37.8 Å². The average Bonchev–Trinajstić information content (AvgIpc) is 3.06. The summed E-state index contributed by atoms with van der Waals surface area (Å²) in [6, 6.07) is 5.53. The summed E-state index contributed by atoms with van der Waals surface area (Å²) in [5.74, 6) is 1.44. The number of hydrogen-bond donors (Lipinski definition) is 2. The number of benzene rings is 1. The van der Waals surface area contributed by atoms with Gasteiger partial charge in [-0.3, -0.25) is 4.79 Å². The molecule has 5 heteroatoms. The molecule has 5 nitrogen and oxygen atoms in total. The summed E-state index contributed by atoms with van der Waals surface area (Å²) >= 11 is 0. The fourth-order valence-electron chi connectivity index (χ4n) is 4.38. The van der Waals surface area contributed by atoms with Gasteiger partial charge in [0.05, 0.1) is 5.56 Å². The Kier molecular flexibility index (Phi) is 4.23. The van der Waals surface area contributed by atoms with Gasteiger partial charge in [0.2, 0.25) is 0 Å². The third-order valence-corrected chi connectivity index (χ3v) is 5.83. The van der Waals surface area contributed by atoms with Crippen LogP contribution in [0.3, 0.4) is 0 Å². The molecule has 4 atom stereocenters. The molecule has 3 rings (SSSR count). The Morgan fingerprint density at radius 1 is 1.09 bits per heavy atom. The molecular formula is C18H27N3O2. The number of amides is 1. The van der Waals surface area contributed by atoms with Crippen LogP contribution >= 0.6 is 0 Å². The van der Waals surface area contributed by atoms with Gasteiger partial charge in [-0.25, -0.2) is 0 Å². The van der Waals surface area contributed by atoms with Crippen LogP contribution in [0.15, 0.2) is 18.2 Å². The van der Waals surface area contributed by atoms with Crippen LogP contribution in [0, 0.1) is 11.8 Å². The topological polar surface area (TPSA) is 69.8 Å². The number of carbonyl (C=O) groups is 1. The number of phenols is 1. The van der Waals surface area contributed by atoms with Crippen LogP contribution < -0.4 is 5.73 Å². The highest BCUT2D eigenvalue weighted by Gasteiger charge is 2.44. The van der Waals surface area contributed by atoms with Gasteiger partial charge in [0.1, 0.15) is 5.75 Å². The minimum Gasteiger partial charge on any atom is -0.508 e. The Morgan fingerprint density at radius 3 is 2.22 bits per heavy atom. The summed E-state index contributed by atoms with van der Waals surface area (Å²) in [6.45, 7) is 0. The van der Waals surface area contributed by atoms with E-state index in [0.717, 1.165) is 24.7 Å². The molecule has 126 valence electrons. The predicted molar refractivity (Wildman–Crippen MR) is 91.3 cm³/mol. The number of nitrogen functional groups attached to an aromatic ring is 1. The number of hydrogen-bond acceptors (Lipinski definition) is 4. The zero-order chi connectivity index (χ0) is 16.7. The highest BCUT2D eigenvalue weighted by Crippen LogP contribution is 2.46. The van der Waals surface area contributed by atoms with Crippen LogP contribution in [0.4, 0.5) is 5.69 Å². The first kappa shape index (κ1) is 16.1. The minimum atomic E-state index is -0.0902. The molecule has 2 fully saturated rings. The molecule has 1 amide bonds. The molecule has 2 aliphatic carbocycles. The van der Waals surface area contributed by atoms with Gasteiger partial charge in [-0.1, -0.05) is 0 Å². The Bertz CT molecular complexity index is 588. The van der Waals surface area contributed by atoms with E-state index in [4.69, 9.17) is 5.73 Å². The highest BCUT2D eigenvalue weighted by atomic mass is 16.3. The maximum Gasteiger partial charge on any atom is 0.256 e. The molecule has 23 heavy (non-hydrogen) atoms. The van der Waals surface area contributed by atoms with Gasteiger partial charge in [0, 0.05) is 24.8 Å². The number of nitrogens with zero attached hydrogens (tertiary/aromatic N) is 2. The monoisotopic (exact) mass is 317 g/mol. The van der Waals surface area contributed by atoms with Crippen LogP contribution in [-0.4, -0.2) is 54.0 Å². The number of aromatic hydroxyl groups is 1. The molecule has 2 saturated carbocycles. The van der Waals surface area contributed by atoms with E-state index in [1.165, 1.54) is 25.0 Å². The molecule has 2 unspecified atom stereocenters. The van der Waals surface area contributed by atoms with E-state index in [9.17, 15) is 9.90 Å². The van der Waals surface area contributed by atoms with Crippen LogP contribution in [0.5, 0.6) is 5.75 Å². The SMILES string of the molecule is CN(C)C1C[C@@H]2CC(N(C)C(=O)c3cc(O)ccc3N)C[C@@H]2C1. The molecule has 1 aromatic carbocycles. The van der Waals surface area contributed by atoms with Crippen LogP contribution in [0.2, 0.25) is 0 Å². The Hall–Kier alpha value is -1.75. The third kappa shape index (κ3) is 3.02. The summed E-state index contributed by atoms with van der Waals surface area (Å²) in [7, 11) is 6.17. The van der Waals surface area contributed by atoms with E-state index in [0.29, 0.717) is 17.3 Å². The molecule has 0 aliphatic heterocycles. The lowest BCUT2D eigenvalue weighted by Gasteiger charge is -2.27. The summed E-state index contributed by atoms with van der Waals surface area (Å²) in [5.41, 5.74) is 6.73. The van der Waals surface area contributed by atoms with Crippen molar-refractivity contribution in [1.82, 2.24) is 9.80 Å². The molecule has 0 spiro atoms. The van der Waals surface area contributed by atoms with Crippen molar-refractivity contribution in [2.24, 2.45) is 11.8 Å². The molecule has 0 bridgehead atoms. The lowest BCUT2D eigenvalue weighted by Crippen LogP contribution is -2.36. The first-order valence-corrected chi connectivity index (χ1v) is 8.39. The molecule has 1 aromatic rings. The summed E-state index contributed by atoms with van der Waals surface area (Å²) in [4.78, 5) is 16.9. The summed E-state index contributed by atoms with van der Waals surface area (Å²) < 4.78 is 0. The summed E-state index contributed by atoms with van der Waals surface area (Å²) in [6.07, 6.45) is 4.64. The second kappa shape index (κ2) is 6.04. The van der Waals surface area contributed by atoms with E-state index in [1.54, 1.807) is 6.07 Å². The van der Waals surface area contributed by atoms with E-state index in [1.807, 2.05) is 11.9 Å². The average molecular weight is 317 g/mol. The van der Waals surface area contributed by atoms with Gasteiger partial charge in [0.15, 0.2) is 0 Å². The van der Waals surface area contributed by atoms with Gasteiger partial charge in [-0.15, -0.1) is 0 Å². The lowest BCUT2D eigenvalue weighted by atomic mass is 10.0. The fraction of sp³-hybridized carbons (Fsp3) is 0.611. The molecule has 2 aliphatic rings. The highest BCUT2D eigenvalue weighted by molar-refractivity contribution is 5.99. The number of carbonyl (C=O) groups excluding carboxylic acids is 1. The fourth-order valence-corrected chi connectivity index (χ4v) is 4.38. The van der Waals surface area contributed by atoms with Crippen molar-refractivity contribution in [2.75, 3.05) is 26.9 Å². The van der Waals surface area contributed by atoms with Crippen molar-refractivity contribution in [3.8, 4) is 5.75 Å². The van der Waals surface area contributed by atoms with E-state index >= 15 is 0 Å². The summed E-state index contributed by atoms with van der Waals surface area (Å²) in [5, 5.41) is 9.62. The Labute approximate surface area is 138 Å². The maximum absolute atomic E-state index is 12.7. The third-order valence-electron chi connectivity index (χ3n) is 5.83. The first-order chi connectivity index (χ1) is 10.9. The van der Waals surface area contributed by atoms with E-state index in [2.05, 4.69) is 19.0 Å². The lowest BCUT2D eigenvalue weighted by molar-refractivity contribution is 0.0727. The van der Waals surface area contributed by atoms with Crippen LogP contribution in [0.1, 0.15) is 36.0 Å². The van der Waals surface area contributed by atoms with Crippen molar-refractivity contribution in [1.29, 1.82) is 0 Å². The van der Waals surface area contributed by atoms with E-state index < -0.39 is 0 Å². The normalized spacial score (nSPS) is 29.7. The van der Waals surface area contributed by atoms with Crippen molar-refractivity contribution in [3.63, 3.8) is 0 Å². The standard InChI is InChI=1S/C18H27N3O2/c1-20(2)13-6-11-8-14(9-12(11)7-13)21(3)18(23)16-10-15(22)4-5-17(16)19/h4-5,10-14,22H,6-9,19H2,1-3H3/t11-,12+,13?,14?. The van der Waals surface area contributed by atoms with Crippen LogP contribution in [0.25, 0.3) is 0 Å². The quantitative estimate of drug-likeness (QED) is 0.662.